The second-order valence-corrected chi connectivity index (χ2v) is 5.04. The third kappa shape index (κ3) is 3.15. The number of oxazole rings is 1. The average molecular weight is 323 g/mol. The zero-order valence-electron chi connectivity index (χ0n) is 13.5. The van der Waals surface area contributed by atoms with Gasteiger partial charge in [-0.2, -0.15) is 0 Å². The topological polar surface area (TPSA) is 61.6 Å². The van der Waals surface area contributed by atoms with Crippen molar-refractivity contribution in [3.05, 3.63) is 60.4 Å². The molecular weight excluding hydrogens is 306 g/mol. The SMILES string of the molecule is CCOc1cc(-c2coc(-c3ccccc3)n2)ccc1C(=O)OC. The number of nitrogens with zero attached hydrogens (tertiary/aromatic N) is 1. The molecule has 0 N–H and O–H groups in total. The number of hydrogen-bond donors (Lipinski definition) is 0. The molecule has 0 fully saturated rings. The molecule has 0 aliphatic heterocycles. The molecule has 122 valence electrons. The van der Waals surface area contributed by atoms with Gasteiger partial charge in [0, 0.05) is 11.1 Å². The highest BCUT2D eigenvalue weighted by molar-refractivity contribution is 5.93. The predicted molar refractivity (Wildman–Crippen MR) is 89.9 cm³/mol. The Balaban J connectivity index is 1.96. The maximum Gasteiger partial charge on any atom is 0.341 e. The minimum atomic E-state index is -0.435. The fraction of sp³-hybridized carbons (Fsp3) is 0.158. The van der Waals surface area contributed by atoms with Crippen molar-refractivity contribution >= 4 is 5.97 Å². The van der Waals surface area contributed by atoms with Gasteiger partial charge in [0.25, 0.3) is 0 Å². The van der Waals surface area contributed by atoms with Crippen molar-refractivity contribution in [2.75, 3.05) is 13.7 Å². The second kappa shape index (κ2) is 7.00. The lowest BCUT2D eigenvalue weighted by molar-refractivity contribution is 0.0596. The number of carbonyl (C=O) groups is 1. The van der Waals surface area contributed by atoms with Gasteiger partial charge in [-0.05, 0) is 31.2 Å². The lowest BCUT2D eigenvalue weighted by atomic mass is 10.1. The molecule has 1 aromatic heterocycles. The summed E-state index contributed by atoms with van der Waals surface area (Å²) in [5.41, 5.74) is 2.76. The van der Waals surface area contributed by atoms with Crippen molar-refractivity contribution in [2.24, 2.45) is 0 Å². The summed E-state index contributed by atoms with van der Waals surface area (Å²) in [6.07, 6.45) is 1.59. The summed E-state index contributed by atoms with van der Waals surface area (Å²) >= 11 is 0. The highest BCUT2D eigenvalue weighted by Crippen LogP contribution is 2.29. The van der Waals surface area contributed by atoms with E-state index in [-0.39, 0.29) is 0 Å². The van der Waals surface area contributed by atoms with E-state index in [1.54, 1.807) is 24.5 Å². The number of methoxy groups -OCH3 is 1. The summed E-state index contributed by atoms with van der Waals surface area (Å²) < 4.78 is 15.9. The molecule has 0 radical (unpaired) electrons. The van der Waals surface area contributed by atoms with Gasteiger partial charge in [0.1, 0.15) is 23.3 Å². The van der Waals surface area contributed by atoms with E-state index < -0.39 is 5.97 Å². The molecule has 0 spiro atoms. The Kier molecular flexibility index (Phi) is 4.61. The summed E-state index contributed by atoms with van der Waals surface area (Å²) in [6, 6.07) is 14.9. The van der Waals surface area contributed by atoms with Gasteiger partial charge in [-0.3, -0.25) is 0 Å². The van der Waals surface area contributed by atoms with Gasteiger partial charge in [-0.25, -0.2) is 9.78 Å². The Morgan fingerprint density at radius 1 is 1.12 bits per heavy atom. The van der Waals surface area contributed by atoms with E-state index in [9.17, 15) is 4.79 Å². The van der Waals surface area contributed by atoms with E-state index in [2.05, 4.69) is 4.98 Å². The molecule has 0 atom stereocenters. The molecule has 0 aliphatic carbocycles. The molecule has 3 rings (SSSR count). The van der Waals surface area contributed by atoms with Crippen molar-refractivity contribution in [2.45, 2.75) is 6.92 Å². The third-order valence-electron chi connectivity index (χ3n) is 3.51. The van der Waals surface area contributed by atoms with E-state index in [1.165, 1.54) is 7.11 Å². The predicted octanol–water partition coefficient (Wildman–Crippen LogP) is 4.19. The first kappa shape index (κ1) is 15.8. The van der Waals surface area contributed by atoms with Crippen LogP contribution in [0.3, 0.4) is 0 Å². The quantitative estimate of drug-likeness (QED) is 0.659. The fourth-order valence-corrected chi connectivity index (χ4v) is 2.35. The van der Waals surface area contributed by atoms with E-state index in [0.717, 1.165) is 11.1 Å². The van der Waals surface area contributed by atoms with Crippen molar-refractivity contribution in [3.63, 3.8) is 0 Å². The van der Waals surface area contributed by atoms with Gasteiger partial charge in [-0.1, -0.05) is 24.3 Å². The Morgan fingerprint density at radius 3 is 2.62 bits per heavy atom. The van der Waals surface area contributed by atoms with Crippen molar-refractivity contribution in [1.82, 2.24) is 4.98 Å². The molecular formula is C19H17NO4. The number of esters is 1. The van der Waals surface area contributed by atoms with Crippen LogP contribution >= 0.6 is 0 Å². The maximum absolute atomic E-state index is 11.8. The number of ether oxygens (including phenoxy) is 2. The van der Waals surface area contributed by atoms with Crippen molar-refractivity contribution in [1.29, 1.82) is 0 Å². The van der Waals surface area contributed by atoms with Gasteiger partial charge in [0.2, 0.25) is 5.89 Å². The molecule has 5 nitrogen and oxygen atoms in total. The molecule has 0 bridgehead atoms. The van der Waals surface area contributed by atoms with Crippen LogP contribution in [0.5, 0.6) is 5.75 Å². The third-order valence-corrected chi connectivity index (χ3v) is 3.51. The van der Waals surface area contributed by atoms with Gasteiger partial charge >= 0.3 is 5.97 Å². The lowest BCUT2D eigenvalue weighted by Gasteiger charge is -2.09. The van der Waals surface area contributed by atoms with E-state index in [4.69, 9.17) is 13.9 Å². The molecule has 0 aliphatic rings. The number of carbonyl (C=O) groups excluding carboxylic acids is 1. The molecule has 0 amide bonds. The van der Waals surface area contributed by atoms with Crippen LogP contribution in [0.4, 0.5) is 0 Å². The summed E-state index contributed by atoms with van der Waals surface area (Å²) in [6.45, 7) is 2.30. The first-order chi connectivity index (χ1) is 11.7. The molecule has 3 aromatic rings. The fourth-order valence-electron chi connectivity index (χ4n) is 2.35. The zero-order valence-corrected chi connectivity index (χ0v) is 13.5. The Hall–Kier alpha value is -3.08. The standard InChI is InChI=1S/C19H17NO4/c1-3-23-17-11-14(9-10-15(17)19(21)22-2)16-12-24-18(20-16)13-7-5-4-6-8-13/h4-12H,3H2,1-2H3. The van der Waals surface area contributed by atoms with Crippen LogP contribution in [0.2, 0.25) is 0 Å². The Morgan fingerprint density at radius 2 is 1.92 bits per heavy atom. The van der Waals surface area contributed by atoms with Crippen LogP contribution in [0.15, 0.2) is 59.2 Å². The molecule has 0 saturated heterocycles. The van der Waals surface area contributed by atoms with Gasteiger partial charge in [0.15, 0.2) is 0 Å². The molecule has 24 heavy (non-hydrogen) atoms. The second-order valence-electron chi connectivity index (χ2n) is 5.04. The van der Waals surface area contributed by atoms with Crippen molar-refractivity contribution in [3.8, 4) is 28.5 Å². The summed E-state index contributed by atoms with van der Waals surface area (Å²) in [7, 11) is 1.34. The van der Waals surface area contributed by atoms with Crippen LogP contribution in [-0.4, -0.2) is 24.7 Å². The first-order valence-corrected chi connectivity index (χ1v) is 7.59. The van der Waals surface area contributed by atoms with Crippen LogP contribution < -0.4 is 4.74 Å². The normalized spacial score (nSPS) is 10.4. The monoisotopic (exact) mass is 323 g/mol. The van der Waals surface area contributed by atoms with Crippen LogP contribution in [0.25, 0.3) is 22.7 Å². The maximum atomic E-state index is 11.8. The van der Waals surface area contributed by atoms with E-state index in [0.29, 0.717) is 29.5 Å². The van der Waals surface area contributed by atoms with Crippen LogP contribution in [0.1, 0.15) is 17.3 Å². The molecule has 0 unspecified atom stereocenters. The Bertz CT molecular complexity index is 840. The van der Waals surface area contributed by atoms with Crippen LogP contribution in [0, 0.1) is 0 Å². The largest absolute Gasteiger partial charge is 0.493 e. The van der Waals surface area contributed by atoms with Crippen molar-refractivity contribution < 1.29 is 18.7 Å². The van der Waals surface area contributed by atoms with Crippen LogP contribution in [-0.2, 0) is 4.74 Å². The van der Waals surface area contributed by atoms with Gasteiger partial charge in [-0.15, -0.1) is 0 Å². The zero-order chi connectivity index (χ0) is 16.9. The number of hydrogen-bond acceptors (Lipinski definition) is 5. The molecule has 5 heteroatoms. The number of aromatic nitrogens is 1. The lowest BCUT2D eigenvalue weighted by Crippen LogP contribution is -2.05. The van der Waals surface area contributed by atoms with Gasteiger partial charge < -0.3 is 13.9 Å². The minimum absolute atomic E-state index is 0.384. The summed E-state index contributed by atoms with van der Waals surface area (Å²) in [4.78, 5) is 16.3. The molecule has 2 aromatic carbocycles. The van der Waals surface area contributed by atoms with E-state index in [1.807, 2.05) is 37.3 Å². The van der Waals surface area contributed by atoms with Gasteiger partial charge in [0.05, 0.1) is 13.7 Å². The highest BCUT2D eigenvalue weighted by Gasteiger charge is 2.16. The number of rotatable bonds is 5. The smallest absolute Gasteiger partial charge is 0.341 e. The highest BCUT2D eigenvalue weighted by atomic mass is 16.5. The summed E-state index contributed by atoms with van der Waals surface area (Å²) in [5, 5.41) is 0. The minimum Gasteiger partial charge on any atom is -0.493 e. The first-order valence-electron chi connectivity index (χ1n) is 7.59. The Labute approximate surface area is 139 Å². The van der Waals surface area contributed by atoms with E-state index >= 15 is 0 Å². The molecule has 1 heterocycles. The number of benzene rings is 2. The summed E-state index contributed by atoms with van der Waals surface area (Å²) in [5.74, 6) is 0.571. The molecule has 0 saturated carbocycles. The average Bonchev–Trinajstić information content (AvgIpc) is 3.12.